The topological polar surface area (TPSA) is 45.5 Å². The van der Waals surface area contributed by atoms with Crippen molar-refractivity contribution in [2.24, 2.45) is 0 Å². The average Bonchev–Trinajstić information content (AvgIpc) is 3.09. The van der Waals surface area contributed by atoms with Gasteiger partial charge in [-0.15, -0.1) is 0 Å². The fourth-order valence-corrected chi connectivity index (χ4v) is 3.00. The number of halogens is 2. The second-order valence-corrected chi connectivity index (χ2v) is 7.00. The van der Waals surface area contributed by atoms with Crippen molar-refractivity contribution >= 4 is 46.6 Å². The molecule has 138 valence electrons. The van der Waals surface area contributed by atoms with Crippen LogP contribution in [0.5, 0.6) is 0 Å². The second-order valence-electron chi connectivity index (χ2n) is 6.12. The Hall–Kier alpha value is -2.69. The predicted octanol–water partition coefficient (Wildman–Crippen LogP) is 5.97. The lowest BCUT2D eigenvalue weighted by molar-refractivity contribution is -0.111. The Bertz CT molecular complexity index is 956. The third-order valence-electron chi connectivity index (χ3n) is 3.82. The summed E-state index contributed by atoms with van der Waals surface area (Å²) in [5, 5.41) is 3.88. The van der Waals surface area contributed by atoms with Crippen molar-refractivity contribution in [1.29, 1.82) is 0 Å². The maximum absolute atomic E-state index is 12.1. The summed E-state index contributed by atoms with van der Waals surface area (Å²) < 4.78 is 5.73. The van der Waals surface area contributed by atoms with E-state index >= 15 is 0 Å². The van der Waals surface area contributed by atoms with E-state index in [2.05, 4.69) is 5.32 Å². The number of hydrogen-bond donors (Lipinski definition) is 1. The Kier molecular flexibility index (Phi) is 5.89. The zero-order valence-electron chi connectivity index (χ0n) is 14.9. The molecule has 0 aliphatic carbocycles. The SMILES string of the molecule is CN(C)c1ccc(NC(=O)/C=C/c2ccc(-c3cc(Cl)cc(Cl)c3)o2)cc1. The molecule has 0 spiro atoms. The van der Waals surface area contributed by atoms with Crippen molar-refractivity contribution in [1.82, 2.24) is 0 Å². The first-order valence-electron chi connectivity index (χ1n) is 8.23. The molecular formula is C21H18Cl2N2O2. The molecule has 0 bridgehead atoms. The van der Waals surface area contributed by atoms with Crippen molar-refractivity contribution in [3.8, 4) is 11.3 Å². The van der Waals surface area contributed by atoms with Gasteiger partial charge in [-0.3, -0.25) is 4.79 Å². The van der Waals surface area contributed by atoms with Crippen LogP contribution in [0, 0.1) is 0 Å². The first kappa shape index (κ1) is 19.1. The van der Waals surface area contributed by atoms with Gasteiger partial charge in [0.2, 0.25) is 5.91 Å². The zero-order valence-corrected chi connectivity index (χ0v) is 16.4. The molecule has 0 radical (unpaired) electrons. The largest absolute Gasteiger partial charge is 0.457 e. The Morgan fingerprint density at radius 3 is 2.30 bits per heavy atom. The maximum atomic E-state index is 12.1. The van der Waals surface area contributed by atoms with E-state index in [1.54, 1.807) is 36.4 Å². The molecule has 1 heterocycles. The molecule has 4 nitrogen and oxygen atoms in total. The number of anilines is 2. The van der Waals surface area contributed by atoms with E-state index in [9.17, 15) is 4.79 Å². The van der Waals surface area contributed by atoms with Gasteiger partial charge >= 0.3 is 0 Å². The highest BCUT2D eigenvalue weighted by Gasteiger charge is 2.06. The molecule has 1 aromatic heterocycles. The van der Waals surface area contributed by atoms with Crippen LogP contribution in [-0.4, -0.2) is 20.0 Å². The van der Waals surface area contributed by atoms with E-state index in [0.29, 0.717) is 21.6 Å². The minimum atomic E-state index is -0.239. The van der Waals surface area contributed by atoms with Crippen LogP contribution in [0.4, 0.5) is 11.4 Å². The molecule has 0 fully saturated rings. The molecule has 0 aliphatic heterocycles. The molecule has 3 rings (SSSR count). The molecule has 0 saturated heterocycles. The third kappa shape index (κ3) is 5.16. The van der Waals surface area contributed by atoms with E-state index in [1.165, 1.54) is 6.08 Å². The van der Waals surface area contributed by atoms with Crippen molar-refractivity contribution in [2.75, 3.05) is 24.3 Å². The highest BCUT2D eigenvalue weighted by atomic mass is 35.5. The number of nitrogens with zero attached hydrogens (tertiary/aromatic N) is 1. The molecule has 0 atom stereocenters. The van der Waals surface area contributed by atoms with Crippen molar-refractivity contribution in [3.63, 3.8) is 0 Å². The van der Waals surface area contributed by atoms with E-state index in [-0.39, 0.29) is 5.91 Å². The lowest BCUT2D eigenvalue weighted by Crippen LogP contribution is -2.10. The van der Waals surface area contributed by atoms with Crippen LogP contribution in [0.25, 0.3) is 17.4 Å². The lowest BCUT2D eigenvalue weighted by Gasteiger charge is -2.12. The summed E-state index contributed by atoms with van der Waals surface area (Å²) in [7, 11) is 3.93. The van der Waals surface area contributed by atoms with Gasteiger partial charge in [0.25, 0.3) is 0 Å². The highest BCUT2D eigenvalue weighted by Crippen LogP contribution is 2.29. The molecule has 1 N–H and O–H groups in total. The Balaban J connectivity index is 1.65. The van der Waals surface area contributed by atoms with Crippen LogP contribution in [-0.2, 0) is 4.79 Å². The number of hydrogen-bond acceptors (Lipinski definition) is 3. The number of benzene rings is 2. The minimum Gasteiger partial charge on any atom is -0.457 e. The lowest BCUT2D eigenvalue weighted by atomic mass is 10.2. The summed E-state index contributed by atoms with van der Waals surface area (Å²) in [6.45, 7) is 0. The highest BCUT2D eigenvalue weighted by molar-refractivity contribution is 6.35. The van der Waals surface area contributed by atoms with Crippen LogP contribution in [0.1, 0.15) is 5.76 Å². The second kappa shape index (κ2) is 8.33. The number of nitrogens with one attached hydrogen (secondary N) is 1. The number of carbonyl (C=O) groups is 1. The van der Waals surface area contributed by atoms with Crippen LogP contribution in [0.15, 0.2) is 65.1 Å². The zero-order chi connectivity index (χ0) is 19.4. The third-order valence-corrected chi connectivity index (χ3v) is 4.26. The summed E-state index contributed by atoms with van der Waals surface area (Å²) in [6, 6.07) is 16.4. The summed E-state index contributed by atoms with van der Waals surface area (Å²) in [4.78, 5) is 14.1. The summed E-state index contributed by atoms with van der Waals surface area (Å²) in [6.07, 6.45) is 3.03. The number of carbonyl (C=O) groups excluding carboxylic acids is 1. The first-order valence-corrected chi connectivity index (χ1v) is 8.99. The normalized spacial score (nSPS) is 11.0. The van der Waals surface area contributed by atoms with Gasteiger partial charge in [-0.25, -0.2) is 0 Å². The quantitative estimate of drug-likeness (QED) is 0.536. The fraction of sp³-hybridized carbons (Fsp3) is 0.0952. The Morgan fingerprint density at radius 2 is 1.67 bits per heavy atom. The molecule has 1 amide bonds. The van der Waals surface area contributed by atoms with Crippen LogP contribution in [0.3, 0.4) is 0 Å². The van der Waals surface area contributed by atoms with Crippen molar-refractivity contribution in [2.45, 2.75) is 0 Å². The van der Waals surface area contributed by atoms with Crippen molar-refractivity contribution < 1.29 is 9.21 Å². The summed E-state index contributed by atoms with van der Waals surface area (Å²) in [5.41, 5.74) is 2.56. The smallest absolute Gasteiger partial charge is 0.248 e. The van der Waals surface area contributed by atoms with Crippen LogP contribution >= 0.6 is 23.2 Å². The monoisotopic (exact) mass is 400 g/mol. The maximum Gasteiger partial charge on any atom is 0.248 e. The number of furan rings is 1. The van der Waals surface area contributed by atoms with E-state index in [1.807, 2.05) is 43.3 Å². The van der Waals surface area contributed by atoms with Crippen molar-refractivity contribution in [3.05, 3.63) is 76.5 Å². The molecule has 6 heteroatoms. The van der Waals surface area contributed by atoms with Gasteiger partial charge in [-0.1, -0.05) is 23.2 Å². The van der Waals surface area contributed by atoms with Gasteiger partial charge in [0.1, 0.15) is 11.5 Å². The summed E-state index contributed by atoms with van der Waals surface area (Å²) >= 11 is 12.0. The Labute approximate surface area is 168 Å². The Morgan fingerprint density at radius 1 is 1.00 bits per heavy atom. The summed E-state index contributed by atoms with van der Waals surface area (Å²) in [5.74, 6) is 0.939. The fourth-order valence-electron chi connectivity index (χ4n) is 2.48. The number of amides is 1. The van der Waals surface area contributed by atoms with E-state index < -0.39 is 0 Å². The predicted molar refractivity (Wildman–Crippen MR) is 113 cm³/mol. The van der Waals surface area contributed by atoms with E-state index in [4.69, 9.17) is 27.6 Å². The molecule has 0 saturated carbocycles. The molecule has 3 aromatic rings. The van der Waals surface area contributed by atoms with Crippen LogP contribution < -0.4 is 10.2 Å². The van der Waals surface area contributed by atoms with E-state index in [0.717, 1.165) is 16.9 Å². The molecule has 27 heavy (non-hydrogen) atoms. The standard InChI is InChI=1S/C21H18Cl2N2O2/c1-25(2)18-5-3-17(4-6-18)24-21(26)10-8-19-7-9-20(27-19)14-11-15(22)13-16(23)12-14/h3-13H,1-2H3,(H,24,26)/b10-8+. The van der Waals surface area contributed by atoms with Gasteiger partial charge in [0.05, 0.1) is 0 Å². The average molecular weight is 401 g/mol. The molecule has 0 unspecified atom stereocenters. The molecule has 0 aliphatic rings. The van der Waals surface area contributed by atoms with Gasteiger partial charge < -0.3 is 14.6 Å². The molecule has 2 aromatic carbocycles. The van der Waals surface area contributed by atoms with Gasteiger partial charge in [0.15, 0.2) is 0 Å². The molecular weight excluding hydrogens is 383 g/mol. The number of rotatable bonds is 5. The minimum absolute atomic E-state index is 0.239. The first-order chi connectivity index (χ1) is 12.9. The van der Waals surface area contributed by atoms with Gasteiger partial charge in [-0.05, 0) is 60.7 Å². The van der Waals surface area contributed by atoms with Gasteiger partial charge in [0, 0.05) is 47.2 Å². The van der Waals surface area contributed by atoms with Gasteiger partial charge in [-0.2, -0.15) is 0 Å². The van der Waals surface area contributed by atoms with Crippen LogP contribution in [0.2, 0.25) is 10.0 Å².